The fourth-order valence-corrected chi connectivity index (χ4v) is 20.5. The minimum atomic E-state index is -2.47. The molecule has 2 aromatic carbocycles. The summed E-state index contributed by atoms with van der Waals surface area (Å²) in [5.41, 5.74) is 1.77. The molecule has 0 radical (unpaired) electrons. The number of pyridine rings is 2. The van der Waals surface area contributed by atoms with Gasteiger partial charge >= 0.3 is 151 Å². The molecule has 0 spiro atoms. The van der Waals surface area contributed by atoms with Crippen molar-refractivity contribution in [3.63, 3.8) is 0 Å². The van der Waals surface area contributed by atoms with Gasteiger partial charge in [0.15, 0.2) is 0 Å². The van der Waals surface area contributed by atoms with E-state index in [2.05, 4.69) is 53.8 Å². The van der Waals surface area contributed by atoms with Crippen molar-refractivity contribution in [2.24, 2.45) is 0 Å². The summed E-state index contributed by atoms with van der Waals surface area (Å²) < 4.78 is 32.6. The molecule has 2 nitrogen and oxygen atoms in total. The molecule has 0 bridgehead atoms. The standard InChI is InChI=1S/C9H5BrFN.C9H5FN.3C4H9.Sn/c10-9-4-1-6-5-7(11)2-3-8(6)12-9;10-8-3-4-9-7(6-8)2-1-5-11-9;3*1-3-4-2;/h1-5H;1-4,6H;3*1,3-4H2,2H3;. The monoisotopic (exact) mass is 662 g/mol. The Morgan fingerprint density at radius 2 is 1.11 bits per heavy atom. The van der Waals surface area contributed by atoms with Gasteiger partial charge in [-0.05, 0) is 40.2 Å². The van der Waals surface area contributed by atoms with Crippen LogP contribution in [0, 0.1) is 11.6 Å². The van der Waals surface area contributed by atoms with Gasteiger partial charge in [0.25, 0.3) is 0 Å². The van der Waals surface area contributed by atoms with Crippen LogP contribution in [0.5, 0.6) is 0 Å². The molecule has 36 heavy (non-hydrogen) atoms. The SMILES string of the molecule is CCC[CH2][Sn]([CH2]CCC)([CH2]CCC)[c]1ccc2cc(F)ccc2n1.Fc1ccc2nc(Br)ccc2c1. The number of fused-ring (bicyclic) bond motifs is 2. The van der Waals surface area contributed by atoms with Crippen LogP contribution in [0.2, 0.25) is 13.3 Å². The fourth-order valence-electron chi connectivity index (χ4n) is 4.77. The first-order valence-corrected chi connectivity index (χ1v) is 21.5. The maximum atomic E-state index is 13.5. The number of halogens is 3. The van der Waals surface area contributed by atoms with Crippen LogP contribution in [-0.4, -0.2) is 28.3 Å². The largest absolute Gasteiger partial charge is 0.241 e. The van der Waals surface area contributed by atoms with E-state index in [1.165, 1.54) is 67.7 Å². The number of benzene rings is 2. The van der Waals surface area contributed by atoms with Gasteiger partial charge in [-0.1, -0.05) is 6.07 Å². The minimum Gasteiger partial charge on any atom is -0.241 e. The normalized spacial score (nSPS) is 11.5. The number of nitrogens with zero attached hydrogens (tertiary/aromatic N) is 2. The van der Waals surface area contributed by atoms with Crippen molar-refractivity contribution in [2.45, 2.75) is 72.6 Å². The van der Waals surface area contributed by atoms with E-state index in [1.54, 1.807) is 24.3 Å². The number of unbranched alkanes of at least 4 members (excludes halogenated alkanes) is 3. The molecule has 4 aromatic rings. The summed E-state index contributed by atoms with van der Waals surface area (Å²) in [5, 5.41) is 1.75. The smallest absolute Gasteiger partial charge is 0.123 e. The zero-order valence-electron chi connectivity index (χ0n) is 21.7. The summed E-state index contributed by atoms with van der Waals surface area (Å²) in [6, 6.07) is 17.5. The van der Waals surface area contributed by atoms with Crippen LogP contribution in [-0.2, 0) is 0 Å². The average Bonchev–Trinajstić information content (AvgIpc) is 2.89. The van der Waals surface area contributed by atoms with Crippen molar-refractivity contribution < 1.29 is 8.78 Å². The first-order valence-electron chi connectivity index (χ1n) is 13.2. The summed E-state index contributed by atoms with van der Waals surface area (Å²) in [4.78, 5) is 9.24. The second kappa shape index (κ2) is 14.4. The molecule has 0 unspecified atom stereocenters. The van der Waals surface area contributed by atoms with Crippen molar-refractivity contribution >= 4 is 59.8 Å². The van der Waals surface area contributed by atoms with E-state index in [-0.39, 0.29) is 11.6 Å². The predicted octanol–water partition coefficient (Wildman–Crippen LogP) is 9.57. The number of rotatable bonds is 10. The van der Waals surface area contributed by atoms with Gasteiger partial charge < -0.3 is 0 Å². The molecule has 0 saturated heterocycles. The molecule has 0 atom stereocenters. The topological polar surface area (TPSA) is 25.8 Å². The Kier molecular flexibility index (Phi) is 11.6. The van der Waals surface area contributed by atoms with E-state index in [0.717, 1.165) is 26.4 Å². The summed E-state index contributed by atoms with van der Waals surface area (Å²) in [6.45, 7) is 6.90. The molecule has 4 rings (SSSR count). The van der Waals surface area contributed by atoms with Crippen LogP contribution < -0.4 is 3.71 Å². The van der Waals surface area contributed by atoms with Gasteiger partial charge in [-0.15, -0.1) is 0 Å². The molecular weight excluding hydrogens is 625 g/mol. The molecule has 0 saturated carbocycles. The Balaban J connectivity index is 0.000000249. The summed E-state index contributed by atoms with van der Waals surface area (Å²) >= 11 is 0.777. The van der Waals surface area contributed by atoms with Gasteiger partial charge in [0.05, 0.1) is 5.52 Å². The first kappa shape index (κ1) is 29.0. The zero-order chi connectivity index (χ0) is 26.0. The predicted molar refractivity (Wildman–Crippen MR) is 156 cm³/mol. The quantitative estimate of drug-likeness (QED) is 0.125. The second-order valence-electron chi connectivity index (χ2n) is 9.60. The van der Waals surface area contributed by atoms with Gasteiger partial charge in [0, 0.05) is 5.39 Å². The molecule has 0 fully saturated rings. The average molecular weight is 662 g/mol. The van der Waals surface area contributed by atoms with Gasteiger partial charge in [-0.3, -0.25) is 0 Å². The van der Waals surface area contributed by atoms with E-state index >= 15 is 0 Å². The zero-order valence-corrected chi connectivity index (χ0v) is 26.1. The van der Waals surface area contributed by atoms with Gasteiger partial charge in [-0.2, -0.15) is 0 Å². The van der Waals surface area contributed by atoms with Crippen LogP contribution in [0.4, 0.5) is 8.78 Å². The molecule has 0 N–H and O–H groups in total. The number of hydrogen-bond donors (Lipinski definition) is 0. The Morgan fingerprint density at radius 1 is 0.639 bits per heavy atom. The van der Waals surface area contributed by atoms with E-state index in [0.29, 0.717) is 0 Å². The molecule has 2 heterocycles. The summed E-state index contributed by atoms with van der Waals surface area (Å²) in [5.74, 6) is -0.401. The van der Waals surface area contributed by atoms with Gasteiger partial charge in [-0.25, -0.2) is 9.37 Å². The Labute approximate surface area is 226 Å². The summed E-state index contributed by atoms with van der Waals surface area (Å²) in [7, 11) is 0. The third kappa shape index (κ3) is 7.95. The third-order valence-corrected chi connectivity index (χ3v) is 22.4. The molecular formula is C30H37BrF2N2Sn. The van der Waals surface area contributed by atoms with Crippen molar-refractivity contribution in [2.75, 3.05) is 0 Å². The molecule has 0 aliphatic carbocycles. The van der Waals surface area contributed by atoms with Crippen molar-refractivity contribution in [1.82, 2.24) is 9.97 Å². The van der Waals surface area contributed by atoms with Crippen LogP contribution in [0.1, 0.15) is 59.3 Å². The molecule has 0 aliphatic heterocycles. The Morgan fingerprint density at radius 3 is 1.61 bits per heavy atom. The van der Waals surface area contributed by atoms with Crippen molar-refractivity contribution in [3.05, 3.63) is 76.9 Å². The van der Waals surface area contributed by atoms with Gasteiger partial charge in [0.2, 0.25) is 0 Å². The minimum absolute atomic E-state index is 0.172. The Bertz CT molecular complexity index is 1200. The maximum Gasteiger partial charge on any atom is 0.123 e. The molecule has 192 valence electrons. The summed E-state index contributed by atoms with van der Waals surface area (Å²) in [6.07, 6.45) is 7.84. The van der Waals surface area contributed by atoms with Crippen molar-refractivity contribution in [1.29, 1.82) is 0 Å². The fraction of sp³-hybridized carbons (Fsp3) is 0.400. The van der Waals surface area contributed by atoms with Crippen LogP contribution in [0.25, 0.3) is 21.8 Å². The maximum absolute atomic E-state index is 13.5. The number of aromatic nitrogens is 2. The van der Waals surface area contributed by atoms with Crippen LogP contribution >= 0.6 is 15.9 Å². The van der Waals surface area contributed by atoms with E-state index < -0.39 is 18.4 Å². The second-order valence-corrected chi connectivity index (χ2v) is 23.5. The molecule has 2 aromatic heterocycles. The number of hydrogen-bond acceptors (Lipinski definition) is 2. The third-order valence-electron chi connectivity index (χ3n) is 6.84. The first-order chi connectivity index (χ1) is 17.4. The van der Waals surface area contributed by atoms with Crippen LogP contribution in [0.3, 0.4) is 0 Å². The Hall–Kier alpha value is -1.60. The van der Waals surface area contributed by atoms with E-state index in [4.69, 9.17) is 4.98 Å². The molecule has 0 aliphatic rings. The molecule has 6 heteroatoms. The molecule has 0 amide bonds. The van der Waals surface area contributed by atoms with Crippen LogP contribution in [0.15, 0.2) is 65.3 Å². The van der Waals surface area contributed by atoms with Crippen molar-refractivity contribution in [3.8, 4) is 0 Å². The van der Waals surface area contributed by atoms with Gasteiger partial charge in [0.1, 0.15) is 10.4 Å². The van der Waals surface area contributed by atoms with E-state index in [9.17, 15) is 8.78 Å². The van der Waals surface area contributed by atoms with E-state index in [1.807, 2.05) is 12.1 Å².